The van der Waals surface area contributed by atoms with Gasteiger partial charge in [-0.2, -0.15) is 0 Å². The fourth-order valence-electron chi connectivity index (χ4n) is 10.4. The topological polar surface area (TPSA) is 25.7 Å². The van der Waals surface area contributed by atoms with Crippen molar-refractivity contribution in [2.75, 3.05) is 4.90 Å². The highest BCUT2D eigenvalue weighted by molar-refractivity contribution is 7.24. The predicted molar refractivity (Wildman–Crippen MR) is 283 cm³/mol. The summed E-state index contributed by atoms with van der Waals surface area (Å²) in [5, 5.41) is 6.04. The maximum absolute atomic E-state index is 6.36. The van der Waals surface area contributed by atoms with Crippen molar-refractivity contribution in [3.63, 3.8) is 0 Å². The average Bonchev–Trinajstić information content (AvgIpc) is 4.14. The van der Waals surface area contributed by atoms with Crippen LogP contribution in [0, 0.1) is 0 Å². The second kappa shape index (κ2) is 15.0. The summed E-state index contributed by atoms with van der Waals surface area (Å²) in [5.74, 6) is 0. The van der Waals surface area contributed by atoms with Crippen LogP contribution in [0.3, 0.4) is 0 Å². The van der Waals surface area contributed by atoms with Crippen LogP contribution < -0.4 is 4.90 Å². The summed E-state index contributed by atoms with van der Waals surface area (Å²) in [4.78, 5) is 3.57. The van der Waals surface area contributed by atoms with E-state index in [2.05, 4.69) is 238 Å². The van der Waals surface area contributed by atoms with Crippen LogP contribution in [0.1, 0.15) is 0 Å². The summed E-state index contributed by atoms with van der Waals surface area (Å²) in [6.45, 7) is 0. The molecule has 14 aromatic rings. The van der Waals surface area contributed by atoms with Gasteiger partial charge in [-0.25, -0.2) is 0 Å². The molecule has 0 atom stereocenters. The van der Waals surface area contributed by atoms with E-state index in [1.165, 1.54) is 81.3 Å². The first-order chi connectivity index (χ1) is 33.2. The Morgan fingerprint density at radius 3 is 1.63 bits per heavy atom. The lowest BCUT2D eigenvalue weighted by molar-refractivity contribution is 0.669. The lowest BCUT2D eigenvalue weighted by Crippen LogP contribution is -2.09. The quantitative estimate of drug-likeness (QED) is 0.159. The highest BCUT2D eigenvalue weighted by Crippen LogP contribution is 2.45. The summed E-state index contributed by atoms with van der Waals surface area (Å²) < 4.78 is 12.4. The van der Waals surface area contributed by atoms with Crippen molar-refractivity contribution in [1.29, 1.82) is 0 Å². The van der Waals surface area contributed by atoms with Crippen LogP contribution in [0.2, 0.25) is 0 Å². The maximum Gasteiger partial charge on any atom is 0.136 e. The van der Waals surface area contributed by atoms with Gasteiger partial charge in [0.25, 0.3) is 0 Å². The predicted octanol–water partition coefficient (Wildman–Crippen LogP) is 17.8. The number of nitrogens with zero attached hydrogens (tertiary/aromatic N) is 3. The van der Waals surface area contributed by atoms with Gasteiger partial charge in [-0.05, 0) is 131 Å². The third-order valence-corrected chi connectivity index (χ3v) is 14.7. The SMILES string of the molecule is c1ccc(N(c2ccc(-c3ccc4c(c3)sc3c(-c5ccc6c(c5)oc5ccccc56)c5ccccc5n34)cc2)c2ccc(-c3ccc4c(c3)c3ccccc3n4-c3ccccc3)cc2)cc1. The van der Waals surface area contributed by atoms with Crippen molar-refractivity contribution in [2.24, 2.45) is 0 Å². The second-order valence-corrected chi connectivity index (χ2v) is 18.3. The number of thiazole rings is 1. The molecule has 0 spiro atoms. The minimum absolute atomic E-state index is 0.912. The summed E-state index contributed by atoms with van der Waals surface area (Å²) in [6.07, 6.45) is 0. The van der Waals surface area contributed by atoms with Gasteiger partial charge >= 0.3 is 0 Å². The van der Waals surface area contributed by atoms with Gasteiger partial charge in [0, 0.05) is 55.2 Å². The molecule has 14 rings (SSSR count). The zero-order valence-corrected chi connectivity index (χ0v) is 37.0. The van der Waals surface area contributed by atoms with E-state index in [-0.39, 0.29) is 0 Å². The zero-order chi connectivity index (χ0) is 44.0. The normalized spacial score (nSPS) is 11.9. The fraction of sp³-hybridized carbons (Fsp3) is 0. The van der Waals surface area contributed by atoms with Gasteiger partial charge in [0.15, 0.2) is 0 Å². The van der Waals surface area contributed by atoms with Crippen LogP contribution in [0.4, 0.5) is 17.1 Å². The Labute approximate surface area is 390 Å². The molecule has 4 aromatic heterocycles. The molecule has 0 aliphatic heterocycles. The molecular formula is C62H39N3OS. The minimum Gasteiger partial charge on any atom is -0.456 e. The Balaban J connectivity index is 0.807. The third-order valence-electron chi connectivity index (χ3n) is 13.5. The Bertz CT molecular complexity index is 4200. The molecule has 0 aliphatic carbocycles. The molecular weight excluding hydrogens is 835 g/mol. The maximum atomic E-state index is 6.36. The number of furan rings is 1. The van der Waals surface area contributed by atoms with Gasteiger partial charge < -0.3 is 13.9 Å². The van der Waals surface area contributed by atoms with Gasteiger partial charge in [-0.15, -0.1) is 11.3 Å². The summed E-state index contributed by atoms with van der Waals surface area (Å²) in [7, 11) is 0. The molecule has 4 heterocycles. The molecule has 67 heavy (non-hydrogen) atoms. The van der Waals surface area contributed by atoms with E-state index in [1.54, 1.807) is 0 Å². The number of benzene rings is 10. The monoisotopic (exact) mass is 873 g/mol. The molecule has 0 radical (unpaired) electrons. The van der Waals surface area contributed by atoms with Gasteiger partial charge in [-0.1, -0.05) is 133 Å². The van der Waals surface area contributed by atoms with E-state index in [9.17, 15) is 0 Å². The van der Waals surface area contributed by atoms with Crippen molar-refractivity contribution in [3.8, 4) is 39.1 Å². The number of anilines is 3. The van der Waals surface area contributed by atoms with E-state index in [4.69, 9.17) is 4.42 Å². The molecule has 0 saturated heterocycles. The number of hydrogen-bond acceptors (Lipinski definition) is 3. The Morgan fingerprint density at radius 1 is 0.343 bits per heavy atom. The third kappa shape index (κ3) is 5.99. The molecule has 0 bridgehead atoms. The number of rotatable bonds is 7. The first-order valence-corrected chi connectivity index (χ1v) is 23.6. The largest absolute Gasteiger partial charge is 0.456 e. The summed E-state index contributed by atoms with van der Waals surface area (Å²) >= 11 is 1.85. The van der Waals surface area contributed by atoms with Gasteiger partial charge in [0.05, 0.1) is 26.8 Å². The van der Waals surface area contributed by atoms with E-state index in [1.807, 2.05) is 23.5 Å². The van der Waals surface area contributed by atoms with Crippen LogP contribution in [-0.2, 0) is 0 Å². The van der Waals surface area contributed by atoms with Crippen molar-refractivity contribution in [2.45, 2.75) is 0 Å². The molecule has 0 saturated carbocycles. The Hall–Kier alpha value is -8.64. The van der Waals surface area contributed by atoms with Crippen molar-refractivity contribution >= 4 is 98.1 Å². The molecule has 314 valence electrons. The average molecular weight is 874 g/mol. The Morgan fingerprint density at radius 2 is 0.881 bits per heavy atom. The van der Waals surface area contributed by atoms with E-state index < -0.39 is 0 Å². The van der Waals surface area contributed by atoms with Crippen LogP contribution in [0.25, 0.3) is 109 Å². The fourth-order valence-corrected chi connectivity index (χ4v) is 11.7. The first-order valence-electron chi connectivity index (χ1n) is 22.7. The molecule has 0 aliphatic rings. The number of fused-ring (bicyclic) bond motifs is 11. The van der Waals surface area contributed by atoms with Crippen LogP contribution >= 0.6 is 11.3 Å². The lowest BCUT2D eigenvalue weighted by Gasteiger charge is -2.26. The molecule has 4 nitrogen and oxygen atoms in total. The van der Waals surface area contributed by atoms with Crippen molar-refractivity contribution in [1.82, 2.24) is 8.97 Å². The van der Waals surface area contributed by atoms with Crippen LogP contribution in [-0.4, -0.2) is 8.97 Å². The first kappa shape index (κ1) is 37.7. The van der Waals surface area contributed by atoms with E-state index in [0.29, 0.717) is 0 Å². The van der Waals surface area contributed by atoms with Crippen molar-refractivity contribution in [3.05, 3.63) is 237 Å². The van der Waals surface area contributed by atoms with E-state index >= 15 is 0 Å². The highest BCUT2D eigenvalue weighted by Gasteiger charge is 2.21. The minimum atomic E-state index is 0.912. The van der Waals surface area contributed by atoms with Crippen LogP contribution in [0.15, 0.2) is 241 Å². The van der Waals surface area contributed by atoms with Gasteiger partial charge in [0.2, 0.25) is 0 Å². The molecule has 0 fully saturated rings. The van der Waals surface area contributed by atoms with Gasteiger partial charge in [0.1, 0.15) is 16.0 Å². The summed E-state index contributed by atoms with van der Waals surface area (Å²) in [6, 6.07) is 85.5. The number of aromatic nitrogens is 2. The number of para-hydroxylation sites is 5. The molecule has 5 heteroatoms. The Kier molecular flexibility index (Phi) is 8.42. The second-order valence-electron chi connectivity index (χ2n) is 17.3. The van der Waals surface area contributed by atoms with Gasteiger partial charge in [-0.3, -0.25) is 4.40 Å². The lowest BCUT2D eigenvalue weighted by atomic mass is 10.0. The highest BCUT2D eigenvalue weighted by atomic mass is 32.1. The van der Waals surface area contributed by atoms with Crippen LogP contribution in [0.5, 0.6) is 0 Å². The number of hydrogen-bond donors (Lipinski definition) is 0. The summed E-state index contributed by atoms with van der Waals surface area (Å²) in [5.41, 5.74) is 18.3. The molecule has 0 amide bonds. The molecule has 0 N–H and O–H groups in total. The standard InChI is InChI=1S/C62H39N3OS/c1-3-13-45(14-4-1)63(47-30-23-40(24-31-47)42-28-35-56-53(37-42)49-17-7-10-20-54(49)64(56)46-15-5-2-6-16-46)48-32-25-41(26-33-48)43-29-36-57-60(39-43)67-62-61(52-19-8-11-21-55(52)65(57)62)44-27-34-51-50-18-9-12-22-58(50)66-59(51)38-44/h1-39H. The molecule has 0 unspecified atom stereocenters. The zero-order valence-electron chi connectivity index (χ0n) is 36.2. The van der Waals surface area contributed by atoms with E-state index in [0.717, 1.165) is 44.6 Å². The smallest absolute Gasteiger partial charge is 0.136 e. The van der Waals surface area contributed by atoms with Crippen molar-refractivity contribution < 1.29 is 4.42 Å². The molecule has 10 aromatic carbocycles.